The molecule has 134 valence electrons. The number of hydrogen-bond acceptors (Lipinski definition) is 8. The summed E-state index contributed by atoms with van der Waals surface area (Å²) < 4.78 is 10.6. The predicted octanol–water partition coefficient (Wildman–Crippen LogP) is 2.60. The van der Waals surface area contributed by atoms with Gasteiger partial charge in [-0.1, -0.05) is 6.92 Å². The van der Waals surface area contributed by atoms with Gasteiger partial charge < -0.3 is 29.6 Å². The average Bonchev–Trinajstić information content (AvgIpc) is 2.56. The first kappa shape index (κ1) is 17.2. The largest absolute Gasteiger partial charge is 0.508 e. The number of rotatable bonds is 3. The van der Waals surface area contributed by atoms with E-state index in [-0.39, 0.29) is 40.2 Å². The molecule has 1 heterocycles. The fraction of sp³-hybridized carbons (Fsp3) is 0.111. The van der Waals surface area contributed by atoms with Gasteiger partial charge in [-0.2, -0.15) is 0 Å². The van der Waals surface area contributed by atoms with Gasteiger partial charge in [-0.25, -0.2) is 0 Å². The van der Waals surface area contributed by atoms with Gasteiger partial charge in [0.15, 0.2) is 5.76 Å². The second kappa shape index (κ2) is 6.32. The number of carbonyl (C=O) groups is 1. The molecule has 3 aromatic rings. The first-order valence-corrected chi connectivity index (χ1v) is 7.57. The summed E-state index contributed by atoms with van der Waals surface area (Å²) in [4.78, 5) is 24.5. The van der Waals surface area contributed by atoms with Crippen molar-refractivity contribution in [1.82, 2.24) is 0 Å². The highest BCUT2D eigenvalue weighted by molar-refractivity contribution is 5.90. The van der Waals surface area contributed by atoms with Gasteiger partial charge in [0.1, 0.15) is 34.0 Å². The van der Waals surface area contributed by atoms with E-state index in [4.69, 9.17) is 9.15 Å². The lowest BCUT2D eigenvalue weighted by atomic mass is 10.1. The molecule has 0 unspecified atom stereocenters. The van der Waals surface area contributed by atoms with Gasteiger partial charge in [-0.05, 0) is 12.1 Å². The van der Waals surface area contributed by atoms with Crippen molar-refractivity contribution in [3.63, 3.8) is 0 Å². The van der Waals surface area contributed by atoms with Crippen LogP contribution in [-0.4, -0.2) is 26.4 Å². The summed E-state index contributed by atoms with van der Waals surface area (Å²) in [6.07, 6.45) is -0.0277. The molecule has 8 nitrogen and oxygen atoms in total. The number of hydrogen-bond donors (Lipinski definition) is 4. The van der Waals surface area contributed by atoms with Gasteiger partial charge in [-0.15, -0.1) is 0 Å². The minimum Gasteiger partial charge on any atom is -0.508 e. The Morgan fingerprint density at radius 3 is 2.38 bits per heavy atom. The number of phenols is 4. The molecule has 0 aliphatic heterocycles. The van der Waals surface area contributed by atoms with Crippen LogP contribution in [0, 0.1) is 0 Å². The zero-order chi connectivity index (χ0) is 19.0. The Labute approximate surface area is 146 Å². The second-order valence-corrected chi connectivity index (χ2v) is 5.46. The molecule has 0 saturated carbocycles. The van der Waals surface area contributed by atoms with Gasteiger partial charge >= 0.3 is 5.97 Å². The molecule has 0 amide bonds. The highest BCUT2D eigenvalue weighted by Crippen LogP contribution is 2.40. The maximum absolute atomic E-state index is 12.8. The summed E-state index contributed by atoms with van der Waals surface area (Å²) in [7, 11) is 0. The highest BCUT2D eigenvalue weighted by atomic mass is 16.5. The number of ether oxygens (including phenoxy) is 1. The third kappa shape index (κ3) is 2.88. The van der Waals surface area contributed by atoms with Crippen LogP contribution in [0.25, 0.3) is 22.3 Å². The standard InChI is InChI=1S/C18H14O8/c1-2-14(23)26-18-16(24)15-12(22)6-9(20)7-13(15)25-17(18)10-4-3-8(19)5-11(10)21/h3-7,19-22H,2H2,1H3. The third-order valence-electron chi connectivity index (χ3n) is 3.65. The molecule has 26 heavy (non-hydrogen) atoms. The first-order chi connectivity index (χ1) is 12.3. The SMILES string of the molecule is CCC(=O)Oc1c(-c2ccc(O)cc2O)oc2cc(O)cc(O)c2c1=O. The number of carbonyl (C=O) groups excluding carboxylic acids is 1. The molecule has 1 aromatic heterocycles. The quantitative estimate of drug-likeness (QED) is 0.524. The van der Waals surface area contributed by atoms with Crippen molar-refractivity contribution < 1.29 is 34.4 Å². The Morgan fingerprint density at radius 1 is 1.04 bits per heavy atom. The van der Waals surface area contributed by atoms with Crippen LogP contribution in [0.3, 0.4) is 0 Å². The van der Waals surface area contributed by atoms with Crippen LogP contribution in [0.4, 0.5) is 0 Å². The Bertz CT molecular complexity index is 1080. The third-order valence-corrected chi connectivity index (χ3v) is 3.65. The van der Waals surface area contributed by atoms with E-state index in [1.165, 1.54) is 19.1 Å². The lowest BCUT2D eigenvalue weighted by molar-refractivity contribution is -0.134. The van der Waals surface area contributed by atoms with Crippen LogP contribution in [0.5, 0.6) is 28.7 Å². The van der Waals surface area contributed by atoms with Crippen LogP contribution >= 0.6 is 0 Å². The minimum absolute atomic E-state index is 0.0245. The van der Waals surface area contributed by atoms with E-state index in [2.05, 4.69) is 0 Å². The Kier molecular flexibility index (Phi) is 4.17. The lowest BCUT2D eigenvalue weighted by Crippen LogP contribution is -2.15. The van der Waals surface area contributed by atoms with E-state index in [0.29, 0.717) is 0 Å². The molecule has 0 aliphatic carbocycles. The predicted molar refractivity (Wildman–Crippen MR) is 90.5 cm³/mol. The second-order valence-electron chi connectivity index (χ2n) is 5.46. The summed E-state index contributed by atoms with van der Waals surface area (Å²) in [6, 6.07) is 5.57. The molecular formula is C18H14O8. The van der Waals surface area contributed by atoms with E-state index in [1.54, 1.807) is 0 Å². The number of fused-ring (bicyclic) bond motifs is 1. The van der Waals surface area contributed by atoms with Crippen LogP contribution in [0.2, 0.25) is 0 Å². The minimum atomic E-state index is -0.854. The van der Waals surface area contributed by atoms with E-state index < -0.39 is 28.6 Å². The lowest BCUT2D eigenvalue weighted by Gasteiger charge is -2.12. The van der Waals surface area contributed by atoms with Crippen LogP contribution in [0.1, 0.15) is 13.3 Å². The van der Waals surface area contributed by atoms with E-state index in [0.717, 1.165) is 18.2 Å². The van der Waals surface area contributed by atoms with Crippen molar-refractivity contribution in [2.45, 2.75) is 13.3 Å². The maximum atomic E-state index is 12.8. The van der Waals surface area contributed by atoms with Gasteiger partial charge in [0.2, 0.25) is 11.2 Å². The van der Waals surface area contributed by atoms with Crippen LogP contribution < -0.4 is 10.2 Å². The smallest absolute Gasteiger partial charge is 0.311 e. The van der Waals surface area contributed by atoms with Crippen molar-refractivity contribution in [2.75, 3.05) is 0 Å². The summed E-state index contributed by atoms with van der Waals surface area (Å²) in [5.74, 6) is -3.09. The van der Waals surface area contributed by atoms with E-state index in [1.807, 2.05) is 0 Å². The molecule has 0 fully saturated rings. The fourth-order valence-electron chi connectivity index (χ4n) is 2.44. The average molecular weight is 358 g/mol. The molecule has 2 aromatic carbocycles. The van der Waals surface area contributed by atoms with Crippen LogP contribution in [0.15, 0.2) is 39.5 Å². The molecule has 0 spiro atoms. The zero-order valence-electron chi connectivity index (χ0n) is 13.5. The number of aromatic hydroxyl groups is 4. The number of benzene rings is 2. The van der Waals surface area contributed by atoms with Crippen LogP contribution in [-0.2, 0) is 4.79 Å². The van der Waals surface area contributed by atoms with Gasteiger partial charge in [0.25, 0.3) is 0 Å². The fourth-order valence-corrected chi connectivity index (χ4v) is 2.44. The number of phenolic OH excluding ortho intramolecular Hbond substituents is 4. The van der Waals surface area contributed by atoms with Crippen molar-refractivity contribution in [3.05, 3.63) is 40.6 Å². The van der Waals surface area contributed by atoms with Crippen molar-refractivity contribution in [1.29, 1.82) is 0 Å². The van der Waals surface area contributed by atoms with Gasteiger partial charge in [-0.3, -0.25) is 9.59 Å². The van der Waals surface area contributed by atoms with Crippen molar-refractivity contribution >= 4 is 16.9 Å². The van der Waals surface area contributed by atoms with E-state index >= 15 is 0 Å². The summed E-state index contributed by atoms with van der Waals surface area (Å²) in [5.41, 5.74) is -1.05. The van der Waals surface area contributed by atoms with Crippen molar-refractivity contribution in [3.8, 4) is 40.1 Å². The molecule has 0 radical (unpaired) electrons. The van der Waals surface area contributed by atoms with Crippen molar-refractivity contribution in [2.24, 2.45) is 0 Å². The molecule has 3 rings (SSSR count). The Morgan fingerprint density at radius 2 is 1.73 bits per heavy atom. The molecule has 0 saturated heterocycles. The molecular weight excluding hydrogens is 344 g/mol. The maximum Gasteiger partial charge on any atom is 0.311 e. The molecule has 0 aliphatic rings. The summed E-state index contributed by atoms with van der Waals surface area (Å²) >= 11 is 0. The normalized spacial score (nSPS) is 10.8. The van der Waals surface area contributed by atoms with E-state index in [9.17, 15) is 30.0 Å². The molecule has 8 heteroatoms. The Hall–Kier alpha value is -3.68. The zero-order valence-corrected chi connectivity index (χ0v) is 13.5. The van der Waals surface area contributed by atoms with Gasteiger partial charge in [0.05, 0.1) is 5.56 Å². The molecule has 4 N–H and O–H groups in total. The monoisotopic (exact) mass is 358 g/mol. The number of esters is 1. The van der Waals surface area contributed by atoms with Gasteiger partial charge in [0, 0.05) is 24.6 Å². The topological polar surface area (TPSA) is 137 Å². The molecule has 0 bridgehead atoms. The first-order valence-electron chi connectivity index (χ1n) is 7.57. The molecule has 0 atom stereocenters. The Balaban J connectivity index is 2.40. The summed E-state index contributed by atoms with van der Waals surface area (Å²) in [5, 5.41) is 38.8. The highest BCUT2D eigenvalue weighted by Gasteiger charge is 2.24. The summed E-state index contributed by atoms with van der Waals surface area (Å²) in [6.45, 7) is 1.53.